The van der Waals surface area contributed by atoms with E-state index < -0.39 is 0 Å². The number of quaternary nitrogens is 1. The average Bonchev–Trinajstić information content (AvgIpc) is 2.98. The summed E-state index contributed by atoms with van der Waals surface area (Å²) in [4.78, 5) is 0. The van der Waals surface area contributed by atoms with Gasteiger partial charge in [-0.25, -0.2) is 0 Å². The predicted molar refractivity (Wildman–Crippen MR) is 55.2 cm³/mol. The topological polar surface area (TPSA) is 25.1 Å². The number of unbranched alkanes of at least 4 members (excludes halogenated alkanes) is 1. The summed E-state index contributed by atoms with van der Waals surface area (Å²) < 4.78 is 11.8. The first-order valence-electron chi connectivity index (χ1n) is 5.78. The van der Waals surface area contributed by atoms with Crippen molar-refractivity contribution in [3.05, 3.63) is 0 Å². The predicted octanol–water partition coefficient (Wildman–Crippen LogP) is -1.97. The highest BCUT2D eigenvalue weighted by Crippen LogP contribution is 2.21. The minimum atomic E-state index is 0. The van der Waals surface area contributed by atoms with Crippen LogP contribution in [0.1, 0.15) is 19.8 Å². The van der Waals surface area contributed by atoms with Crippen molar-refractivity contribution in [1.82, 2.24) is 0 Å². The summed E-state index contributed by atoms with van der Waals surface area (Å²) >= 11 is 0. The van der Waals surface area contributed by atoms with Crippen molar-refractivity contribution in [2.45, 2.75) is 32.0 Å². The van der Waals surface area contributed by atoms with Crippen molar-refractivity contribution >= 4 is 0 Å². The molecule has 2 rings (SSSR count). The number of halogens is 1. The van der Waals surface area contributed by atoms with Crippen molar-refractivity contribution in [3.8, 4) is 0 Å². The summed E-state index contributed by atoms with van der Waals surface area (Å²) in [5.41, 5.74) is 0. The van der Waals surface area contributed by atoms with Crippen LogP contribution < -0.4 is 24.0 Å². The van der Waals surface area contributed by atoms with Gasteiger partial charge in [0, 0.05) is 0 Å². The maximum atomic E-state index is 5.33. The molecule has 3 nitrogen and oxygen atoms in total. The molecule has 2 aliphatic heterocycles. The molecular formula is C11H22INO2. The molecular weight excluding hydrogens is 305 g/mol. The van der Waals surface area contributed by atoms with Gasteiger partial charge in [-0.15, -0.1) is 0 Å². The van der Waals surface area contributed by atoms with Gasteiger partial charge in [0.1, 0.15) is 25.3 Å². The Balaban J connectivity index is 0.00000112. The van der Waals surface area contributed by atoms with Gasteiger partial charge >= 0.3 is 0 Å². The minimum absolute atomic E-state index is 0. The Kier molecular flexibility index (Phi) is 5.28. The number of rotatable bonds is 7. The SMILES string of the molecule is CCCC[N+](C)(CC1CO1)CC1CO1.[I-]. The second kappa shape index (κ2) is 5.80. The Morgan fingerprint density at radius 1 is 1.13 bits per heavy atom. The first-order chi connectivity index (χ1) is 6.72. The zero-order valence-electron chi connectivity index (χ0n) is 9.75. The Hall–Kier alpha value is 0.610. The maximum absolute atomic E-state index is 5.33. The van der Waals surface area contributed by atoms with Crippen molar-refractivity contribution in [3.63, 3.8) is 0 Å². The van der Waals surface area contributed by atoms with Gasteiger partial charge in [-0.3, -0.25) is 0 Å². The molecule has 0 radical (unpaired) electrons. The van der Waals surface area contributed by atoms with E-state index in [9.17, 15) is 0 Å². The molecule has 0 bridgehead atoms. The van der Waals surface area contributed by atoms with Crippen LogP contribution in [0, 0.1) is 0 Å². The third-order valence-electron chi connectivity index (χ3n) is 3.15. The van der Waals surface area contributed by atoms with Gasteiger partial charge < -0.3 is 37.9 Å². The van der Waals surface area contributed by atoms with Gasteiger partial charge in [0.05, 0.1) is 26.8 Å². The zero-order chi connectivity index (χ0) is 10.0. The van der Waals surface area contributed by atoms with E-state index in [1.165, 1.54) is 32.5 Å². The third-order valence-corrected chi connectivity index (χ3v) is 3.15. The zero-order valence-corrected chi connectivity index (χ0v) is 11.9. The summed E-state index contributed by atoms with van der Waals surface area (Å²) in [6, 6.07) is 0. The average molecular weight is 327 g/mol. The van der Waals surface area contributed by atoms with Crippen LogP contribution in [-0.4, -0.2) is 56.6 Å². The van der Waals surface area contributed by atoms with Gasteiger partial charge in [-0.2, -0.15) is 0 Å². The van der Waals surface area contributed by atoms with Gasteiger partial charge in [0.15, 0.2) is 0 Å². The Labute approximate surface area is 110 Å². The van der Waals surface area contributed by atoms with Gasteiger partial charge in [-0.1, -0.05) is 13.3 Å². The molecule has 2 heterocycles. The highest BCUT2D eigenvalue weighted by Gasteiger charge is 2.38. The van der Waals surface area contributed by atoms with Crippen LogP contribution in [0.5, 0.6) is 0 Å². The lowest BCUT2D eigenvalue weighted by molar-refractivity contribution is -0.910. The van der Waals surface area contributed by atoms with Gasteiger partial charge in [0.25, 0.3) is 0 Å². The molecule has 0 N–H and O–H groups in total. The van der Waals surface area contributed by atoms with Gasteiger partial charge in [-0.05, 0) is 6.42 Å². The molecule has 0 amide bonds. The smallest absolute Gasteiger partial charge is 0.130 e. The van der Waals surface area contributed by atoms with Crippen LogP contribution in [0.25, 0.3) is 0 Å². The fraction of sp³-hybridized carbons (Fsp3) is 1.00. The van der Waals surface area contributed by atoms with Crippen LogP contribution in [0.3, 0.4) is 0 Å². The van der Waals surface area contributed by atoms with Gasteiger partial charge in [0.2, 0.25) is 0 Å². The molecule has 0 aromatic heterocycles. The molecule has 2 aliphatic rings. The molecule has 2 unspecified atom stereocenters. The highest BCUT2D eigenvalue weighted by molar-refractivity contribution is 4.72. The molecule has 2 fully saturated rings. The normalized spacial score (nSPS) is 31.6. The first-order valence-corrected chi connectivity index (χ1v) is 5.78. The Morgan fingerprint density at radius 2 is 1.60 bits per heavy atom. The fourth-order valence-electron chi connectivity index (χ4n) is 2.13. The third kappa shape index (κ3) is 4.97. The lowest BCUT2D eigenvalue weighted by atomic mass is 10.2. The first kappa shape index (κ1) is 13.7. The molecule has 4 heteroatoms. The standard InChI is InChI=1S/C11H22NO2.HI/c1-3-4-5-12(2,6-10-8-13-10)7-11-9-14-11;/h10-11H,3-9H2,1-2H3;1H/q+1;/p-1. The lowest BCUT2D eigenvalue weighted by Gasteiger charge is -2.33. The lowest BCUT2D eigenvalue weighted by Crippen LogP contribution is -3.00. The summed E-state index contributed by atoms with van der Waals surface area (Å²) in [6.07, 6.45) is 3.67. The number of likely N-dealkylation sites (N-methyl/N-ethyl adjacent to an activating group) is 1. The summed E-state index contributed by atoms with van der Waals surface area (Å²) in [5, 5.41) is 0. The second-order valence-corrected chi connectivity index (χ2v) is 4.97. The van der Waals surface area contributed by atoms with Crippen molar-refractivity contribution in [2.75, 3.05) is 39.9 Å². The van der Waals surface area contributed by atoms with E-state index in [1.54, 1.807) is 0 Å². The summed E-state index contributed by atoms with van der Waals surface area (Å²) in [6.45, 7) is 7.85. The van der Waals surface area contributed by atoms with Crippen molar-refractivity contribution < 1.29 is 37.9 Å². The molecule has 0 saturated carbocycles. The Bertz CT molecular complexity index is 179. The number of epoxide rings is 2. The van der Waals surface area contributed by atoms with Crippen LogP contribution in [0.4, 0.5) is 0 Å². The quantitative estimate of drug-likeness (QED) is 0.308. The number of ether oxygens (including phenoxy) is 2. The molecule has 2 saturated heterocycles. The largest absolute Gasteiger partial charge is 1.00 e. The van der Waals surface area contributed by atoms with E-state index in [2.05, 4.69) is 14.0 Å². The van der Waals surface area contributed by atoms with E-state index >= 15 is 0 Å². The van der Waals surface area contributed by atoms with E-state index in [4.69, 9.17) is 9.47 Å². The number of nitrogens with zero attached hydrogens (tertiary/aromatic N) is 1. The van der Waals surface area contributed by atoms with Crippen LogP contribution in [0.2, 0.25) is 0 Å². The Morgan fingerprint density at radius 3 is 1.93 bits per heavy atom. The van der Waals surface area contributed by atoms with Crippen LogP contribution in [-0.2, 0) is 9.47 Å². The van der Waals surface area contributed by atoms with Crippen LogP contribution >= 0.6 is 0 Å². The van der Waals surface area contributed by atoms with E-state index in [-0.39, 0.29) is 24.0 Å². The van der Waals surface area contributed by atoms with E-state index in [0.29, 0.717) is 12.2 Å². The monoisotopic (exact) mass is 327 g/mol. The molecule has 0 aromatic rings. The molecule has 2 atom stereocenters. The highest BCUT2D eigenvalue weighted by atomic mass is 127. The fourth-order valence-corrected chi connectivity index (χ4v) is 2.13. The summed E-state index contributed by atoms with van der Waals surface area (Å²) in [7, 11) is 2.35. The minimum Gasteiger partial charge on any atom is -1.00 e. The molecule has 90 valence electrons. The van der Waals surface area contributed by atoms with Crippen LogP contribution in [0.15, 0.2) is 0 Å². The second-order valence-electron chi connectivity index (χ2n) is 4.97. The molecule has 15 heavy (non-hydrogen) atoms. The number of hydrogen-bond donors (Lipinski definition) is 0. The summed E-state index contributed by atoms with van der Waals surface area (Å²) in [5.74, 6) is 0. The van der Waals surface area contributed by atoms with Crippen molar-refractivity contribution in [1.29, 1.82) is 0 Å². The van der Waals surface area contributed by atoms with E-state index in [1.807, 2.05) is 0 Å². The molecule has 0 spiro atoms. The van der Waals surface area contributed by atoms with Crippen molar-refractivity contribution in [2.24, 2.45) is 0 Å². The van der Waals surface area contributed by atoms with E-state index in [0.717, 1.165) is 17.7 Å². The molecule has 0 aromatic carbocycles. The maximum Gasteiger partial charge on any atom is 0.130 e. The number of hydrogen-bond acceptors (Lipinski definition) is 2. The molecule has 0 aliphatic carbocycles.